The Morgan fingerprint density at radius 2 is 1.61 bits per heavy atom. The zero-order valence-electron chi connectivity index (χ0n) is 10.8. The molecule has 2 atom stereocenters. The largest absolute Gasteiger partial charge is 0.319 e. The lowest BCUT2D eigenvalue weighted by molar-refractivity contribution is 0.698. The van der Waals surface area contributed by atoms with Gasteiger partial charge in [0.15, 0.2) is 0 Å². The van der Waals surface area contributed by atoms with Crippen molar-refractivity contribution in [3.8, 4) is 11.1 Å². The van der Waals surface area contributed by atoms with E-state index >= 15 is 0 Å². The Bertz CT molecular complexity index is 501. The van der Waals surface area contributed by atoms with Gasteiger partial charge in [-0.15, -0.1) is 0 Å². The minimum atomic E-state index is 0.780. The van der Waals surface area contributed by atoms with Crippen LogP contribution in [0.15, 0.2) is 54.6 Å². The summed E-state index contributed by atoms with van der Waals surface area (Å²) in [6, 6.07) is 19.7. The molecule has 0 aliphatic heterocycles. The SMILES string of the molecule is CNCC1CC1c1ccc(-c2ccccc2)cc1. The number of nitrogens with one attached hydrogen (secondary N) is 1. The van der Waals surface area contributed by atoms with E-state index in [-0.39, 0.29) is 0 Å². The van der Waals surface area contributed by atoms with E-state index in [4.69, 9.17) is 0 Å². The van der Waals surface area contributed by atoms with Crippen LogP contribution in [0.3, 0.4) is 0 Å². The molecule has 0 amide bonds. The van der Waals surface area contributed by atoms with Crippen LogP contribution in [0.1, 0.15) is 17.9 Å². The minimum absolute atomic E-state index is 0.780. The van der Waals surface area contributed by atoms with E-state index in [0.717, 1.165) is 18.4 Å². The van der Waals surface area contributed by atoms with Gasteiger partial charge >= 0.3 is 0 Å². The van der Waals surface area contributed by atoms with Crippen LogP contribution in [0.4, 0.5) is 0 Å². The highest BCUT2D eigenvalue weighted by molar-refractivity contribution is 5.63. The molecular weight excluding hydrogens is 218 g/mol. The van der Waals surface area contributed by atoms with Gasteiger partial charge in [-0.3, -0.25) is 0 Å². The van der Waals surface area contributed by atoms with E-state index in [1.54, 1.807) is 0 Å². The third kappa shape index (κ3) is 2.32. The lowest BCUT2D eigenvalue weighted by Gasteiger charge is -2.04. The van der Waals surface area contributed by atoms with Crippen LogP contribution in [0.5, 0.6) is 0 Å². The molecule has 2 unspecified atom stereocenters. The van der Waals surface area contributed by atoms with E-state index in [9.17, 15) is 0 Å². The Morgan fingerprint density at radius 3 is 2.28 bits per heavy atom. The molecule has 2 aromatic carbocycles. The summed E-state index contributed by atoms with van der Waals surface area (Å²) in [5.41, 5.74) is 4.10. The van der Waals surface area contributed by atoms with E-state index in [1.165, 1.54) is 23.1 Å². The second-order valence-electron chi connectivity index (χ2n) is 5.15. The van der Waals surface area contributed by atoms with E-state index in [1.807, 2.05) is 7.05 Å². The molecule has 2 aromatic rings. The van der Waals surface area contributed by atoms with Crippen LogP contribution >= 0.6 is 0 Å². The molecule has 1 N–H and O–H groups in total. The molecule has 18 heavy (non-hydrogen) atoms. The molecule has 0 heterocycles. The van der Waals surface area contributed by atoms with Gasteiger partial charge in [0.25, 0.3) is 0 Å². The summed E-state index contributed by atoms with van der Waals surface area (Å²) in [4.78, 5) is 0. The van der Waals surface area contributed by atoms with E-state index < -0.39 is 0 Å². The van der Waals surface area contributed by atoms with Crippen molar-refractivity contribution < 1.29 is 0 Å². The average Bonchev–Trinajstić information content (AvgIpc) is 3.20. The van der Waals surface area contributed by atoms with Crippen molar-refractivity contribution >= 4 is 0 Å². The maximum absolute atomic E-state index is 3.27. The average molecular weight is 237 g/mol. The van der Waals surface area contributed by atoms with Crippen molar-refractivity contribution in [2.75, 3.05) is 13.6 Å². The highest BCUT2D eigenvalue weighted by Crippen LogP contribution is 2.47. The van der Waals surface area contributed by atoms with Crippen molar-refractivity contribution in [1.29, 1.82) is 0 Å². The number of hydrogen-bond acceptors (Lipinski definition) is 1. The van der Waals surface area contributed by atoms with Gasteiger partial charge < -0.3 is 5.32 Å². The van der Waals surface area contributed by atoms with Crippen LogP contribution in [-0.2, 0) is 0 Å². The summed E-state index contributed by atoms with van der Waals surface area (Å²) in [5.74, 6) is 1.62. The van der Waals surface area contributed by atoms with Crippen molar-refractivity contribution in [2.45, 2.75) is 12.3 Å². The summed E-state index contributed by atoms with van der Waals surface area (Å²) in [6.45, 7) is 1.14. The van der Waals surface area contributed by atoms with E-state index in [0.29, 0.717) is 0 Å². The normalized spacial score (nSPS) is 21.8. The Labute approximate surface area is 109 Å². The molecule has 92 valence electrons. The summed E-state index contributed by atoms with van der Waals surface area (Å²) in [7, 11) is 2.04. The molecule has 0 spiro atoms. The third-order valence-corrected chi connectivity index (χ3v) is 3.83. The molecule has 1 fully saturated rings. The summed E-state index contributed by atoms with van der Waals surface area (Å²) in [5, 5.41) is 3.27. The monoisotopic (exact) mass is 237 g/mol. The van der Waals surface area contributed by atoms with Gasteiger partial charge in [0.1, 0.15) is 0 Å². The predicted molar refractivity (Wildman–Crippen MR) is 76.7 cm³/mol. The summed E-state index contributed by atoms with van der Waals surface area (Å²) in [6.07, 6.45) is 1.34. The summed E-state index contributed by atoms with van der Waals surface area (Å²) >= 11 is 0. The number of benzene rings is 2. The number of rotatable bonds is 4. The lowest BCUT2D eigenvalue weighted by atomic mass is 10.0. The van der Waals surface area contributed by atoms with Gasteiger partial charge in [-0.05, 0) is 48.5 Å². The predicted octanol–water partition coefficient (Wildman–Crippen LogP) is 3.68. The first-order chi connectivity index (χ1) is 8.88. The van der Waals surface area contributed by atoms with Crippen LogP contribution in [0.25, 0.3) is 11.1 Å². The molecular formula is C17H19N. The molecule has 0 radical (unpaired) electrons. The van der Waals surface area contributed by atoms with Gasteiger partial charge in [-0.2, -0.15) is 0 Å². The van der Waals surface area contributed by atoms with Crippen LogP contribution in [0.2, 0.25) is 0 Å². The number of hydrogen-bond donors (Lipinski definition) is 1. The Kier molecular flexibility index (Phi) is 3.16. The molecule has 1 nitrogen and oxygen atoms in total. The fourth-order valence-electron chi connectivity index (χ4n) is 2.70. The Morgan fingerprint density at radius 1 is 0.944 bits per heavy atom. The maximum Gasteiger partial charge on any atom is -0.00175 e. The van der Waals surface area contributed by atoms with Crippen molar-refractivity contribution in [3.63, 3.8) is 0 Å². The maximum atomic E-state index is 3.27. The van der Waals surface area contributed by atoms with Gasteiger partial charge in [0.05, 0.1) is 0 Å². The van der Waals surface area contributed by atoms with Crippen molar-refractivity contribution in [2.24, 2.45) is 5.92 Å². The molecule has 0 bridgehead atoms. The quantitative estimate of drug-likeness (QED) is 0.855. The Balaban J connectivity index is 1.75. The fourth-order valence-corrected chi connectivity index (χ4v) is 2.70. The van der Waals surface area contributed by atoms with Gasteiger partial charge in [-0.1, -0.05) is 54.6 Å². The molecule has 1 heteroatoms. The van der Waals surface area contributed by atoms with E-state index in [2.05, 4.69) is 59.9 Å². The first kappa shape index (κ1) is 11.5. The third-order valence-electron chi connectivity index (χ3n) is 3.83. The molecule has 1 aliphatic carbocycles. The molecule has 3 rings (SSSR count). The summed E-state index contributed by atoms with van der Waals surface area (Å²) < 4.78 is 0. The molecule has 0 saturated heterocycles. The van der Waals surface area contributed by atoms with Gasteiger partial charge in [0, 0.05) is 0 Å². The first-order valence-electron chi connectivity index (χ1n) is 6.68. The first-order valence-corrected chi connectivity index (χ1v) is 6.68. The molecule has 1 aliphatic rings. The Hall–Kier alpha value is -1.60. The zero-order valence-corrected chi connectivity index (χ0v) is 10.8. The topological polar surface area (TPSA) is 12.0 Å². The van der Waals surface area contributed by atoms with Crippen LogP contribution in [-0.4, -0.2) is 13.6 Å². The zero-order chi connectivity index (χ0) is 12.4. The highest BCUT2D eigenvalue weighted by atomic mass is 14.8. The molecule has 1 saturated carbocycles. The van der Waals surface area contributed by atoms with Crippen molar-refractivity contribution in [3.05, 3.63) is 60.2 Å². The van der Waals surface area contributed by atoms with Crippen LogP contribution < -0.4 is 5.32 Å². The highest BCUT2D eigenvalue weighted by Gasteiger charge is 2.37. The van der Waals surface area contributed by atoms with Crippen LogP contribution in [0, 0.1) is 5.92 Å². The standard InChI is InChI=1S/C17H19N/c1-18-12-16-11-17(16)15-9-7-14(8-10-15)13-5-3-2-4-6-13/h2-10,16-18H,11-12H2,1H3. The molecule has 0 aromatic heterocycles. The van der Waals surface area contributed by atoms with Gasteiger partial charge in [0.2, 0.25) is 0 Å². The lowest BCUT2D eigenvalue weighted by Crippen LogP contribution is -2.10. The van der Waals surface area contributed by atoms with Gasteiger partial charge in [-0.25, -0.2) is 0 Å². The van der Waals surface area contributed by atoms with Crippen molar-refractivity contribution in [1.82, 2.24) is 5.32 Å². The minimum Gasteiger partial charge on any atom is -0.319 e. The smallest absolute Gasteiger partial charge is 0.00175 e. The fraction of sp³-hybridized carbons (Fsp3) is 0.294. The second-order valence-corrected chi connectivity index (χ2v) is 5.15. The second kappa shape index (κ2) is 4.95.